The first-order valence-electron chi connectivity index (χ1n) is 11.9. The zero-order chi connectivity index (χ0) is 23.8. The molecule has 1 saturated heterocycles. The van der Waals surface area contributed by atoms with E-state index in [0.29, 0.717) is 29.6 Å². The molecular formula is C24H39N5O4. The second kappa shape index (κ2) is 12.1. The number of hydrogen-bond acceptors (Lipinski definition) is 8. The van der Waals surface area contributed by atoms with Crippen molar-refractivity contribution in [2.75, 3.05) is 40.5 Å². The zero-order valence-corrected chi connectivity index (χ0v) is 20.2. The van der Waals surface area contributed by atoms with Crippen molar-refractivity contribution >= 4 is 11.8 Å². The highest BCUT2D eigenvalue weighted by molar-refractivity contribution is 5.68. The van der Waals surface area contributed by atoms with E-state index in [1.54, 1.807) is 19.0 Å². The number of hydrogen-bond donors (Lipinski definition) is 2. The molecule has 3 rings (SSSR count). The summed E-state index contributed by atoms with van der Waals surface area (Å²) in [7, 11) is 3.40. The maximum atomic E-state index is 12.5. The van der Waals surface area contributed by atoms with E-state index >= 15 is 0 Å². The van der Waals surface area contributed by atoms with Crippen molar-refractivity contribution in [2.45, 2.75) is 58.0 Å². The lowest BCUT2D eigenvalue weighted by molar-refractivity contribution is 0.0511. The molecule has 2 aliphatic rings. The fourth-order valence-corrected chi connectivity index (χ4v) is 4.33. The molecule has 0 spiro atoms. The third-order valence-corrected chi connectivity index (χ3v) is 6.41. The first-order chi connectivity index (χ1) is 15.8. The van der Waals surface area contributed by atoms with Crippen LogP contribution in [0.1, 0.15) is 56.3 Å². The lowest BCUT2D eigenvalue weighted by atomic mass is 9.98. The van der Waals surface area contributed by atoms with E-state index in [4.69, 9.17) is 25.8 Å². The van der Waals surface area contributed by atoms with Gasteiger partial charge in [0.05, 0.1) is 28.9 Å². The standard InChI is InChI=1S/C24H39N5O4/c1-17-22(33-19-7-5-4-6-8-19)10-9-20(27-17)23(25)21(29(3)26)16-32-24(30)28(2)15-18-11-13-31-14-12-18/h9-10,18-19H,4-8,11-16,25-26H2,1-3H3/b23-21-. The van der Waals surface area contributed by atoms with Gasteiger partial charge in [-0.15, -0.1) is 0 Å². The molecule has 1 aromatic rings. The summed E-state index contributed by atoms with van der Waals surface area (Å²) in [5, 5.41) is 1.37. The first kappa shape index (κ1) is 25.1. The number of pyridine rings is 1. The third-order valence-electron chi connectivity index (χ3n) is 6.41. The Morgan fingerprint density at radius 3 is 2.48 bits per heavy atom. The number of likely N-dealkylation sites (N-methyl/N-ethyl adjacent to an activating group) is 1. The van der Waals surface area contributed by atoms with Crippen LogP contribution in [0.5, 0.6) is 5.75 Å². The zero-order valence-electron chi connectivity index (χ0n) is 20.2. The fourth-order valence-electron chi connectivity index (χ4n) is 4.33. The number of carbonyl (C=O) groups is 1. The number of aromatic nitrogens is 1. The minimum absolute atomic E-state index is 0.0448. The van der Waals surface area contributed by atoms with Crippen molar-refractivity contribution in [1.29, 1.82) is 0 Å². The molecule has 0 aromatic carbocycles. The number of nitrogens with zero attached hydrogens (tertiary/aromatic N) is 3. The quantitative estimate of drug-likeness (QED) is 0.448. The molecular weight excluding hydrogens is 422 g/mol. The van der Waals surface area contributed by atoms with Crippen LogP contribution in [-0.4, -0.2) is 67.6 Å². The van der Waals surface area contributed by atoms with Crippen molar-refractivity contribution < 1.29 is 19.0 Å². The average Bonchev–Trinajstić information content (AvgIpc) is 2.81. The number of nitrogens with two attached hydrogens (primary N) is 2. The van der Waals surface area contributed by atoms with Gasteiger partial charge < -0.3 is 29.9 Å². The normalized spacial score (nSPS) is 18.4. The largest absolute Gasteiger partial charge is 0.489 e. The molecule has 0 bridgehead atoms. The summed E-state index contributed by atoms with van der Waals surface area (Å²) in [5.41, 5.74) is 8.58. The van der Waals surface area contributed by atoms with Crippen molar-refractivity contribution in [2.24, 2.45) is 17.5 Å². The first-order valence-corrected chi connectivity index (χ1v) is 11.9. The van der Waals surface area contributed by atoms with Crippen LogP contribution in [-0.2, 0) is 9.47 Å². The van der Waals surface area contributed by atoms with Gasteiger partial charge in [0.2, 0.25) is 0 Å². The van der Waals surface area contributed by atoms with E-state index in [2.05, 4.69) is 4.98 Å². The maximum absolute atomic E-state index is 12.5. The summed E-state index contributed by atoms with van der Waals surface area (Å²) < 4.78 is 17.1. The van der Waals surface area contributed by atoms with Gasteiger partial charge in [-0.1, -0.05) is 6.42 Å². The van der Waals surface area contributed by atoms with Gasteiger partial charge in [-0.2, -0.15) is 0 Å². The van der Waals surface area contributed by atoms with Crippen LogP contribution in [0.4, 0.5) is 4.79 Å². The van der Waals surface area contributed by atoms with Gasteiger partial charge in [0.15, 0.2) is 0 Å². The second-order valence-electron chi connectivity index (χ2n) is 9.12. The fraction of sp³-hybridized carbons (Fsp3) is 0.667. The van der Waals surface area contributed by atoms with Gasteiger partial charge in [0.25, 0.3) is 0 Å². The van der Waals surface area contributed by atoms with Gasteiger partial charge in [-0.3, -0.25) is 0 Å². The van der Waals surface area contributed by atoms with Crippen LogP contribution in [0.25, 0.3) is 5.70 Å². The topological polar surface area (TPSA) is 116 Å². The lowest BCUT2D eigenvalue weighted by Gasteiger charge is -2.27. The van der Waals surface area contributed by atoms with Gasteiger partial charge >= 0.3 is 6.09 Å². The number of ether oxygens (including phenoxy) is 3. The van der Waals surface area contributed by atoms with Gasteiger partial charge in [-0.05, 0) is 63.5 Å². The molecule has 4 N–H and O–H groups in total. The van der Waals surface area contributed by atoms with Crippen LogP contribution in [0.2, 0.25) is 0 Å². The predicted molar refractivity (Wildman–Crippen MR) is 127 cm³/mol. The summed E-state index contributed by atoms with van der Waals surface area (Å²) in [6, 6.07) is 3.73. The molecule has 2 heterocycles. The highest BCUT2D eigenvalue weighted by atomic mass is 16.6. The number of hydrazine groups is 1. The predicted octanol–water partition coefficient (Wildman–Crippen LogP) is 3.03. The Morgan fingerprint density at radius 2 is 1.85 bits per heavy atom. The molecule has 9 heteroatoms. The summed E-state index contributed by atoms with van der Waals surface area (Å²) in [6.07, 6.45) is 7.61. The highest BCUT2D eigenvalue weighted by Gasteiger charge is 2.21. The van der Waals surface area contributed by atoms with Crippen molar-refractivity contribution in [3.8, 4) is 5.75 Å². The van der Waals surface area contributed by atoms with Crippen LogP contribution in [0, 0.1) is 12.8 Å². The van der Waals surface area contributed by atoms with E-state index in [-0.39, 0.29) is 12.7 Å². The molecule has 2 fully saturated rings. The van der Waals surface area contributed by atoms with Crippen LogP contribution in [0.15, 0.2) is 17.8 Å². The van der Waals surface area contributed by atoms with Crippen LogP contribution < -0.4 is 16.3 Å². The Hall–Kier alpha value is -2.52. The molecule has 0 unspecified atom stereocenters. The monoisotopic (exact) mass is 461 g/mol. The maximum Gasteiger partial charge on any atom is 0.409 e. The third kappa shape index (κ3) is 7.23. The molecule has 1 aliphatic heterocycles. The molecule has 1 aliphatic carbocycles. The lowest BCUT2D eigenvalue weighted by Crippen LogP contribution is -2.36. The van der Waals surface area contributed by atoms with Gasteiger partial charge in [0.1, 0.15) is 12.4 Å². The summed E-state index contributed by atoms with van der Waals surface area (Å²) in [4.78, 5) is 18.7. The van der Waals surface area contributed by atoms with Crippen molar-refractivity contribution in [3.63, 3.8) is 0 Å². The number of aryl methyl sites for hydroxylation is 1. The summed E-state index contributed by atoms with van der Waals surface area (Å²) in [5.74, 6) is 7.21. The smallest absolute Gasteiger partial charge is 0.409 e. The molecule has 33 heavy (non-hydrogen) atoms. The molecule has 1 aromatic heterocycles. The van der Waals surface area contributed by atoms with Crippen LogP contribution in [0.3, 0.4) is 0 Å². The SMILES string of the molecule is Cc1nc(/C(N)=C(\COC(=O)N(C)CC2CCOCC2)N(C)N)ccc1OC1CCCCC1. The second-order valence-corrected chi connectivity index (χ2v) is 9.12. The average molecular weight is 462 g/mol. The Balaban J connectivity index is 1.62. The molecule has 1 amide bonds. The Bertz CT molecular complexity index is 817. The molecule has 0 radical (unpaired) electrons. The Kier molecular flexibility index (Phi) is 9.20. The van der Waals surface area contributed by atoms with Crippen molar-refractivity contribution in [1.82, 2.24) is 14.9 Å². The van der Waals surface area contributed by atoms with E-state index in [9.17, 15) is 4.79 Å². The minimum Gasteiger partial charge on any atom is -0.489 e. The number of amides is 1. The van der Waals surface area contributed by atoms with Crippen LogP contribution >= 0.6 is 0 Å². The Morgan fingerprint density at radius 1 is 1.15 bits per heavy atom. The summed E-state index contributed by atoms with van der Waals surface area (Å²) in [6.45, 7) is 3.99. The molecule has 1 saturated carbocycles. The molecule has 9 nitrogen and oxygen atoms in total. The molecule has 0 atom stereocenters. The van der Waals surface area contributed by atoms with E-state index in [0.717, 1.165) is 50.3 Å². The number of carbonyl (C=O) groups excluding carboxylic acids is 1. The van der Waals surface area contributed by atoms with E-state index < -0.39 is 6.09 Å². The minimum atomic E-state index is -0.408. The Labute approximate surface area is 197 Å². The van der Waals surface area contributed by atoms with Gasteiger partial charge in [0, 0.05) is 33.9 Å². The highest BCUT2D eigenvalue weighted by Crippen LogP contribution is 2.26. The number of rotatable bonds is 8. The van der Waals surface area contributed by atoms with Crippen molar-refractivity contribution in [3.05, 3.63) is 29.2 Å². The van der Waals surface area contributed by atoms with E-state index in [1.165, 1.54) is 24.3 Å². The molecule has 184 valence electrons. The van der Waals surface area contributed by atoms with E-state index in [1.807, 2.05) is 19.1 Å². The van der Waals surface area contributed by atoms with Gasteiger partial charge in [-0.25, -0.2) is 15.6 Å². The summed E-state index contributed by atoms with van der Waals surface area (Å²) >= 11 is 0.